The quantitative estimate of drug-likeness (QED) is 0.472. The molecule has 0 saturated carbocycles. The molecule has 3 heteroatoms. The minimum atomic E-state index is 0.787. The van der Waals surface area contributed by atoms with Gasteiger partial charge in [-0.3, -0.25) is 0 Å². The van der Waals surface area contributed by atoms with Gasteiger partial charge in [0.25, 0.3) is 0 Å². The lowest BCUT2D eigenvalue weighted by molar-refractivity contribution is 0.668. The van der Waals surface area contributed by atoms with Gasteiger partial charge in [0.2, 0.25) is 0 Å². The second-order valence-corrected chi connectivity index (χ2v) is 5.84. The number of nitrogens with one attached hydrogen (secondary N) is 1. The molecule has 0 aliphatic heterocycles. The lowest BCUT2D eigenvalue weighted by atomic mass is 10.0. The lowest BCUT2D eigenvalue weighted by Gasteiger charge is -2.05. The fourth-order valence-corrected chi connectivity index (χ4v) is 3.05. The van der Waals surface area contributed by atoms with Gasteiger partial charge in [-0.2, -0.15) is 0 Å². The Morgan fingerprint density at radius 3 is 2.52 bits per heavy atom. The van der Waals surface area contributed by atoms with Crippen molar-refractivity contribution >= 4 is 33.2 Å². The summed E-state index contributed by atoms with van der Waals surface area (Å²) in [5, 5.41) is 2.34. The molecule has 0 aliphatic rings. The number of nitrogens with two attached hydrogens (primary N) is 2. The monoisotopic (exact) mass is 281 g/mol. The third-order valence-corrected chi connectivity index (χ3v) is 4.14. The summed E-state index contributed by atoms with van der Waals surface area (Å²) in [4.78, 5) is 3.53. The van der Waals surface area contributed by atoms with Crippen molar-refractivity contribution in [1.82, 2.24) is 4.98 Å². The zero-order valence-electron chi connectivity index (χ0n) is 12.6. The summed E-state index contributed by atoms with van der Waals surface area (Å²) in [5.74, 6) is 0. The highest BCUT2D eigenvalue weighted by atomic mass is 14.7. The average molecular weight is 281 g/mol. The van der Waals surface area contributed by atoms with Crippen LogP contribution in [-0.2, 0) is 6.42 Å². The van der Waals surface area contributed by atoms with Gasteiger partial charge in [-0.1, -0.05) is 26.2 Å². The number of rotatable bonds is 5. The van der Waals surface area contributed by atoms with Crippen molar-refractivity contribution in [3.63, 3.8) is 0 Å². The first kappa shape index (κ1) is 13.8. The van der Waals surface area contributed by atoms with Crippen LogP contribution in [0.5, 0.6) is 0 Å². The van der Waals surface area contributed by atoms with E-state index < -0.39 is 0 Å². The van der Waals surface area contributed by atoms with Crippen molar-refractivity contribution in [2.45, 2.75) is 39.0 Å². The van der Waals surface area contributed by atoms with Crippen LogP contribution in [0.2, 0.25) is 0 Å². The van der Waals surface area contributed by atoms with Crippen molar-refractivity contribution in [1.29, 1.82) is 0 Å². The Bertz CT molecular complexity index is 771. The van der Waals surface area contributed by atoms with Gasteiger partial charge in [-0.15, -0.1) is 0 Å². The van der Waals surface area contributed by atoms with Crippen LogP contribution >= 0.6 is 0 Å². The molecule has 0 aliphatic carbocycles. The van der Waals surface area contributed by atoms with Crippen LogP contribution in [0.25, 0.3) is 21.8 Å². The minimum absolute atomic E-state index is 0.787. The number of hydrogen-bond acceptors (Lipinski definition) is 2. The van der Waals surface area contributed by atoms with E-state index >= 15 is 0 Å². The van der Waals surface area contributed by atoms with Gasteiger partial charge in [0, 0.05) is 33.2 Å². The van der Waals surface area contributed by atoms with Gasteiger partial charge in [0.15, 0.2) is 0 Å². The molecule has 2 aromatic carbocycles. The van der Waals surface area contributed by atoms with Crippen LogP contribution in [-0.4, -0.2) is 4.98 Å². The number of benzene rings is 2. The molecule has 5 N–H and O–H groups in total. The van der Waals surface area contributed by atoms with Gasteiger partial charge in [-0.05, 0) is 48.7 Å². The molecule has 0 spiro atoms. The van der Waals surface area contributed by atoms with E-state index in [9.17, 15) is 0 Å². The van der Waals surface area contributed by atoms with E-state index in [4.69, 9.17) is 11.5 Å². The minimum Gasteiger partial charge on any atom is -0.399 e. The Morgan fingerprint density at radius 2 is 1.71 bits per heavy atom. The third kappa shape index (κ3) is 2.68. The normalized spacial score (nSPS) is 11.5. The van der Waals surface area contributed by atoms with Crippen LogP contribution in [0.4, 0.5) is 11.4 Å². The molecule has 0 radical (unpaired) electrons. The molecule has 3 nitrogen and oxygen atoms in total. The summed E-state index contributed by atoms with van der Waals surface area (Å²) in [7, 11) is 0. The molecule has 1 heterocycles. The number of anilines is 2. The summed E-state index contributed by atoms with van der Waals surface area (Å²) in [6.07, 6.45) is 6.13. The zero-order valence-corrected chi connectivity index (χ0v) is 12.6. The molecule has 0 saturated heterocycles. The van der Waals surface area contributed by atoms with Gasteiger partial charge in [-0.25, -0.2) is 0 Å². The molecule has 1 aromatic heterocycles. The molecule has 3 aromatic rings. The summed E-state index contributed by atoms with van der Waals surface area (Å²) in [6.45, 7) is 2.24. The van der Waals surface area contributed by atoms with E-state index in [1.54, 1.807) is 0 Å². The number of aromatic nitrogens is 1. The zero-order chi connectivity index (χ0) is 14.8. The van der Waals surface area contributed by atoms with Crippen molar-refractivity contribution < 1.29 is 0 Å². The van der Waals surface area contributed by atoms with Gasteiger partial charge in [0.05, 0.1) is 0 Å². The Kier molecular flexibility index (Phi) is 3.74. The maximum absolute atomic E-state index is 6.10. The van der Waals surface area contributed by atoms with Crippen LogP contribution in [0.15, 0.2) is 30.3 Å². The predicted molar refractivity (Wildman–Crippen MR) is 92.5 cm³/mol. The van der Waals surface area contributed by atoms with E-state index in [0.29, 0.717) is 0 Å². The smallest absolute Gasteiger partial charge is 0.0498 e. The van der Waals surface area contributed by atoms with Crippen LogP contribution < -0.4 is 11.5 Å². The van der Waals surface area contributed by atoms with Crippen molar-refractivity contribution in [3.05, 3.63) is 35.9 Å². The Labute approximate surface area is 125 Å². The van der Waals surface area contributed by atoms with E-state index in [-0.39, 0.29) is 0 Å². The Balaban J connectivity index is 2.05. The highest BCUT2D eigenvalue weighted by Crippen LogP contribution is 2.31. The molecule has 0 amide bonds. The number of H-pyrrole nitrogens is 1. The van der Waals surface area contributed by atoms with Crippen LogP contribution in [0.3, 0.4) is 0 Å². The first-order valence-electron chi connectivity index (χ1n) is 7.78. The summed E-state index contributed by atoms with van der Waals surface area (Å²) < 4.78 is 0. The van der Waals surface area contributed by atoms with Crippen molar-refractivity contribution in [2.24, 2.45) is 0 Å². The number of nitrogen functional groups attached to an aromatic ring is 2. The number of unbranched alkanes of at least 4 members (excludes halogenated alkanes) is 3. The Morgan fingerprint density at radius 1 is 0.905 bits per heavy atom. The first-order chi connectivity index (χ1) is 10.2. The summed E-state index contributed by atoms with van der Waals surface area (Å²) in [5.41, 5.74) is 17.3. The van der Waals surface area contributed by atoms with E-state index in [1.165, 1.54) is 42.1 Å². The fourth-order valence-electron chi connectivity index (χ4n) is 3.05. The topological polar surface area (TPSA) is 67.8 Å². The van der Waals surface area contributed by atoms with Gasteiger partial charge in [0.1, 0.15) is 0 Å². The number of aryl methyl sites for hydroxylation is 1. The fraction of sp³-hybridized carbons (Fsp3) is 0.333. The van der Waals surface area contributed by atoms with E-state index in [0.717, 1.165) is 28.7 Å². The highest BCUT2D eigenvalue weighted by molar-refractivity contribution is 6.10. The molecular formula is C18H23N3. The highest BCUT2D eigenvalue weighted by Gasteiger charge is 2.09. The van der Waals surface area contributed by atoms with Crippen LogP contribution in [0, 0.1) is 0 Å². The van der Waals surface area contributed by atoms with Crippen LogP contribution in [0.1, 0.15) is 38.2 Å². The van der Waals surface area contributed by atoms with Gasteiger partial charge < -0.3 is 16.5 Å². The molecule has 0 unspecified atom stereocenters. The summed E-state index contributed by atoms with van der Waals surface area (Å²) >= 11 is 0. The number of hydrogen-bond donors (Lipinski definition) is 3. The summed E-state index contributed by atoms with van der Waals surface area (Å²) in [6, 6.07) is 10.1. The third-order valence-electron chi connectivity index (χ3n) is 4.14. The molecule has 21 heavy (non-hydrogen) atoms. The number of fused-ring (bicyclic) bond motifs is 3. The maximum Gasteiger partial charge on any atom is 0.0498 e. The van der Waals surface area contributed by atoms with Gasteiger partial charge >= 0.3 is 0 Å². The molecule has 0 atom stereocenters. The second kappa shape index (κ2) is 5.68. The van der Waals surface area contributed by atoms with E-state index in [2.05, 4.69) is 18.0 Å². The molecule has 0 fully saturated rings. The van der Waals surface area contributed by atoms with Crippen molar-refractivity contribution in [2.75, 3.05) is 11.5 Å². The SMILES string of the molecule is CCCCCCc1cc(N)cc2c1[nH]c1ccc(N)cc12. The molecular weight excluding hydrogens is 258 g/mol. The molecule has 110 valence electrons. The molecule has 3 rings (SSSR count). The van der Waals surface area contributed by atoms with E-state index in [1.807, 2.05) is 24.3 Å². The standard InChI is InChI=1S/C18H23N3/c1-2-3-4-5-6-12-9-14(20)11-16-15-10-13(19)7-8-17(15)21-18(12)16/h7-11,21H,2-6,19-20H2,1H3. The largest absolute Gasteiger partial charge is 0.399 e. The number of aromatic amines is 1. The molecule has 0 bridgehead atoms. The predicted octanol–water partition coefficient (Wildman–Crippen LogP) is 4.61. The van der Waals surface area contributed by atoms with Crippen molar-refractivity contribution in [3.8, 4) is 0 Å². The Hall–Kier alpha value is -2.16. The average Bonchev–Trinajstić information content (AvgIpc) is 2.81. The lowest BCUT2D eigenvalue weighted by Crippen LogP contribution is -1.92. The second-order valence-electron chi connectivity index (χ2n) is 5.84. The maximum atomic E-state index is 6.10. The first-order valence-corrected chi connectivity index (χ1v) is 7.78.